The Bertz CT molecular complexity index is 1210. The van der Waals surface area contributed by atoms with Crippen molar-refractivity contribution in [2.24, 2.45) is 0 Å². The van der Waals surface area contributed by atoms with Crippen LogP contribution in [0.5, 0.6) is 5.75 Å². The number of aromatic nitrogens is 1. The average Bonchev–Trinajstić information content (AvgIpc) is 3.16. The molecule has 1 aliphatic rings. The van der Waals surface area contributed by atoms with Gasteiger partial charge in [0.2, 0.25) is 0 Å². The molecule has 1 unspecified atom stereocenters. The van der Waals surface area contributed by atoms with Gasteiger partial charge in [-0.05, 0) is 60.6 Å². The zero-order valence-electron chi connectivity index (χ0n) is 18.0. The van der Waals surface area contributed by atoms with E-state index in [9.17, 15) is 0 Å². The van der Waals surface area contributed by atoms with Gasteiger partial charge in [0.05, 0.1) is 5.52 Å². The van der Waals surface area contributed by atoms with E-state index in [1.807, 2.05) is 37.3 Å². The molecule has 3 heteroatoms. The number of aryl methyl sites for hydroxylation is 2. The Labute approximate surface area is 183 Å². The molecule has 0 radical (unpaired) electrons. The Kier molecular flexibility index (Phi) is 5.33. The number of ether oxygens (including phenoxy) is 1. The van der Waals surface area contributed by atoms with E-state index in [1.54, 1.807) is 0 Å². The first kappa shape index (κ1) is 19.6. The van der Waals surface area contributed by atoms with Crippen LogP contribution in [0.4, 0.5) is 0 Å². The van der Waals surface area contributed by atoms with E-state index in [4.69, 9.17) is 10.1 Å². The van der Waals surface area contributed by atoms with E-state index < -0.39 is 0 Å². The lowest BCUT2D eigenvalue weighted by atomic mass is 9.88. The molecular weight excluding hydrogens is 380 g/mol. The monoisotopic (exact) mass is 408 g/mol. The molecule has 31 heavy (non-hydrogen) atoms. The lowest BCUT2D eigenvalue weighted by molar-refractivity contribution is 0.306. The quantitative estimate of drug-likeness (QED) is 0.347. The van der Waals surface area contributed by atoms with Gasteiger partial charge in [0.1, 0.15) is 12.4 Å². The first-order valence-corrected chi connectivity index (χ1v) is 11.1. The predicted molar refractivity (Wildman–Crippen MR) is 127 cm³/mol. The molecule has 4 aromatic rings. The molecule has 0 saturated heterocycles. The van der Waals surface area contributed by atoms with Crippen molar-refractivity contribution in [3.8, 4) is 5.75 Å². The van der Waals surface area contributed by atoms with E-state index in [0.717, 1.165) is 30.7 Å². The highest BCUT2D eigenvalue weighted by molar-refractivity contribution is 5.90. The fourth-order valence-electron chi connectivity index (χ4n) is 4.77. The van der Waals surface area contributed by atoms with Gasteiger partial charge in [0, 0.05) is 29.8 Å². The van der Waals surface area contributed by atoms with Gasteiger partial charge in [-0.3, -0.25) is 0 Å². The highest BCUT2D eigenvalue weighted by Crippen LogP contribution is 2.33. The topological polar surface area (TPSA) is 38.0 Å². The number of hydrogen-bond acceptors (Lipinski definition) is 2. The third kappa shape index (κ3) is 4.00. The molecule has 2 heterocycles. The van der Waals surface area contributed by atoms with E-state index in [-0.39, 0.29) is 5.92 Å². The van der Waals surface area contributed by atoms with Crippen molar-refractivity contribution in [1.82, 2.24) is 4.57 Å². The summed E-state index contributed by atoms with van der Waals surface area (Å²) in [6.45, 7) is 3.58. The van der Waals surface area contributed by atoms with E-state index in [0.29, 0.717) is 12.3 Å². The maximum Gasteiger partial charge on any atom is 0.119 e. The number of benzene rings is 3. The van der Waals surface area contributed by atoms with Crippen LogP contribution >= 0.6 is 0 Å². The summed E-state index contributed by atoms with van der Waals surface area (Å²) in [5, 5.41) is 9.81. The lowest BCUT2D eigenvalue weighted by Crippen LogP contribution is -2.11. The van der Waals surface area contributed by atoms with Crippen LogP contribution in [0.15, 0.2) is 79.0 Å². The maximum absolute atomic E-state index is 8.46. The van der Waals surface area contributed by atoms with Gasteiger partial charge >= 0.3 is 0 Å². The van der Waals surface area contributed by atoms with Gasteiger partial charge in [-0.25, -0.2) is 0 Å². The average molecular weight is 409 g/mol. The summed E-state index contributed by atoms with van der Waals surface area (Å²) in [6, 6.07) is 25.2. The standard InChI is InChI=1S/C28H28N2O/c1-20(29)27(17-24-18-30-16-6-10-23-9-5-11-26(24)28(23)30)22-12-14-25(15-13-22)31-19-21-7-3-2-4-8-21/h2-5,7-9,11-15,18,27,29H,6,10,16-17,19H2,1H3. The first-order valence-electron chi connectivity index (χ1n) is 11.1. The van der Waals surface area contributed by atoms with Gasteiger partial charge in [-0.15, -0.1) is 0 Å². The molecule has 0 spiro atoms. The minimum atomic E-state index is 0.0756. The molecule has 0 bridgehead atoms. The van der Waals surface area contributed by atoms with E-state index >= 15 is 0 Å². The van der Waals surface area contributed by atoms with Gasteiger partial charge in [0.25, 0.3) is 0 Å². The molecule has 0 aliphatic carbocycles. The maximum atomic E-state index is 8.46. The van der Waals surface area contributed by atoms with Gasteiger partial charge < -0.3 is 14.7 Å². The summed E-state index contributed by atoms with van der Waals surface area (Å²) < 4.78 is 8.36. The van der Waals surface area contributed by atoms with Crippen molar-refractivity contribution >= 4 is 16.6 Å². The predicted octanol–water partition coefficient (Wildman–Crippen LogP) is 6.53. The second-order valence-electron chi connectivity index (χ2n) is 8.55. The van der Waals surface area contributed by atoms with Crippen LogP contribution in [0.25, 0.3) is 10.9 Å². The molecule has 1 aromatic heterocycles. The lowest BCUT2D eigenvalue weighted by Gasteiger charge is -2.17. The molecule has 0 fully saturated rings. The van der Waals surface area contributed by atoms with Crippen LogP contribution in [-0.4, -0.2) is 10.3 Å². The molecule has 1 N–H and O–H groups in total. The fraction of sp³-hybridized carbons (Fsp3) is 0.250. The summed E-state index contributed by atoms with van der Waals surface area (Å²) in [7, 11) is 0. The minimum Gasteiger partial charge on any atom is -0.489 e. The Morgan fingerprint density at radius 3 is 2.58 bits per heavy atom. The number of nitrogens with one attached hydrogen (secondary N) is 1. The number of hydrogen-bond donors (Lipinski definition) is 1. The van der Waals surface area contributed by atoms with Gasteiger partial charge in [-0.2, -0.15) is 0 Å². The van der Waals surface area contributed by atoms with Crippen LogP contribution in [-0.2, 0) is 26.0 Å². The second-order valence-corrected chi connectivity index (χ2v) is 8.55. The van der Waals surface area contributed by atoms with Crippen molar-refractivity contribution in [3.05, 3.63) is 101 Å². The van der Waals surface area contributed by atoms with Gasteiger partial charge in [0.15, 0.2) is 0 Å². The van der Waals surface area contributed by atoms with Crippen LogP contribution in [0.3, 0.4) is 0 Å². The Morgan fingerprint density at radius 1 is 1.00 bits per heavy atom. The van der Waals surface area contributed by atoms with Crippen molar-refractivity contribution in [3.63, 3.8) is 0 Å². The SMILES string of the molecule is CC(=N)C(Cc1cn2c3c(cccc13)CCC2)c1ccc(OCc2ccccc2)cc1. The van der Waals surface area contributed by atoms with Crippen LogP contribution in [0.1, 0.15) is 41.5 Å². The summed E-state index contributed by atoms with van der Waals surface area (Å²) in [6.07, 6.45) is 5.54. The van der Waals surface area contributed by atoms with Crippen LogP contribution in [0, 0.1) is 5.41 Å². The zero-order valence-corrected chi connectivity index (χ0v) is 18.0. The largest absolute Gasteiger partial charge is 0.489 e. The highest BCUT2D eigenvalue weighted by atomic mass is 16.5. The van der Waals surface area contributed by atoms with Gasteiger partial charge in [-0.1, -0.05) is 60.7 Å². The normalized spacial score (nSPS) is 13.8. The molecule has 1 atom stereocenters. The molecular formula is C28H28N2O. The zero-order chi connectivity index (χ0) is 21.2. The third-order valence-electron chi connectivity index (χ3n) is 6.39. The second kappa shape index (κ2) is 8.43. The fourth-order valence-corrected chi connectivity index (χ4v) is 4.77. The summed E-state index contributed by atoms with van der Waals surface area (Å²) >= 11 is 0. The number of para-hydroxylation sites is 1. The summed E-state index contributed by atoms with van der Waals surface area (Å²) in [4.78, 5) is 0. The molecule has 5 rings (SSSR count). The minimum absolute atomic E-state index is 0.0756. The molecule has 0 amide bonds. The van der Waals surface area contributed by atoms with E-state index in [2.05, 4.69) is 53.2 Å². The van der Waals surface area contributed by atoms with Crippen molar-refractivity contribution < 1.29 is 4.74 Å². The van der Waals surface area contributed by atoms with E-state index in [1.165, 1.54) is 34.0 Å². The molecule has 0 saturated carbocycles. The van der Waals surface area contributed by atoms with Crippen LogP contribution in [0.2, 0.25) is 0 Å². The Hall–Kier alpha value is -3.33. The van der Waals surface area contributed by atoms with Crippen molar-refractivity contribution in [2.45, 2.75) is 45.3 Å². The number of rotatable bonds is 7. The van der Waals surface area contributed by atoms with Crippen LogP contribution < -0.4 is 4.74 Å². The Morgan fingerprint density at radius 2 is 1.81 bits per heavy atom. The molecule has 3 nitrogen and oxygen atoms in total. The molecule has 3 aromatic carbocycles. The highest BCUT2D eigenvalue weighted by Gasteiger charge is 2.20. The summed E-state index contributed by atoms with van der Waals surface area (Å²) in [5.41, 5.74) is 7.23. The summed E-state index contributed by atoms with van der Waals surface area (Å²) in [5.74, 6) is 0.938. The van der Waals surface area contributed by atoms with Crippen molar-refractivity contribution in [1.29, 1.82) is 5.41 Å². The Balaban J connectivity index is 1.36. The molecule has 1 aliphatic heterocycles. The molecule has 156 valence electrons. The smallest absolute Gasteiger partial charge is 0.119 e. The van der Waals surface area contributed by atoms with Crippen molar-refractivity contribution in [2.75, 3.05) is 0 Å². The first-order chi connectivity index (χ1) is 15.2. The third-order valence-corrected chi connectivity index (χ3v) is 6.39. The number of nitrogens with zero attached hydrogens (tertiary/aromatic N) is 1.